The number of likely N-dealkylation sites (tertiary alicyclic amines) is 1. The molecule has 0 bridgehead atoms. The molecule has 0 radical (unpaired) electrons. The fourth-order valence-corrected chi connectivity index (χ4v) is 1.95. The van der Waals surface area contributed by atoms with Crippen LogP contribution < -0.4 is 11.1 Å². The lowest BCUT2D eigenvalue weighted by atomic mass is 10.2. The smallest absolute Gasteiger partial charge is 0.354 e. The molecule has 1 fully saturated rings. The number of aromatic carboxylic acids is 1. The maximum Gasteiger partial charge on any atom is 0.354 e. The van der Waals surface area contributed by atoms with Crippen LogP contribution in [0.2, 0.25) is 0 Å². The predicted molar refractivity (Wildman–Crippen MR) is 65.1 cm³/mol. The summed E-state index contributed by atoms with van der Waals surface area (Å²) in [5.41, 5.74) is 6.25. The second-order valence-electron chi connectivity index (χ2n) is 4.33. The summed E-state index contributed by atoms with van der Waals surface area (Å²) in [4.78, 5) is 17.0. The van der Waals surface area contributed by atoms with Crippen LogP contribution in [-0.4, -0.2) is 47.1 Å². The van der Waals surface area contributed by atoms with Gasteiger partial charge in [-0.2, -0.15) is 0 Å². The molecule has 1 aromatic rings. The molecule has 0 aliphatic carbocycles. The second-order valence-corrected chi connectivity index (χ2v) is 4.33. The van der Waals surface area contributed by atoms with Crippen molar-refractivity contribution in [1.82, 2.24) is 9.88 Å². The van der Waals surface area contributed by atoms with Crippen LogP contribution in [-0.2, 0) is 0 Å². The molecule has 0 spiro atoms. The summed E-state index contributed by atoms with van der Waals surface area (Å²) in [5, 5.41) is 12.1. The third kappa shape index (κ3) is 2.65. The molecule has 2 rings (SSSR count). The van der Waals surface area contributed by atoms with Gasteiger partial charge in [0.1, 0.15) is 5.82 Å². The van der Waals surface area contributed by atoms with E-state index in [4.69, 9.17) is 10.8 Å². The molecule has 1 atom stereocenters. The number of carboxylic acid groups (broad SMARTS) is 1. The van der Waals surface area contributed by atoms with E-state index in [0.717, 1.165) is 19.5 Å². The summed E-state index contributed by atoms with van der Waals surface area (Å²) in [6.07, 6.45) is 1.01. The number of anilines is 2. The van der Waals surface area contributed by atoms with Crippen LogP contribution in [0.3, 0.4) is 0 Å². The SMILES string of the molecule is CN1CCC(Nc2nc(C(=O)O)ccc2N)C1. The Labute approximate surface area is 99.4 Å². The van der Waals surface area contributed by atoms with Crippen LogP contribution >= 0.6 is 0 Å². The fourth-order valence-electron chi connectivity index (χ4n) is 1.95. The van der Waals surface area contributed by atoms with Gasteiger partial charge in [-0.05, 0) is 32.1 Å². The first kappa shape index (κ1) is 11.7. The number of likely N-dealkylation sites (N-methyl/N-ethyl adjacent to an activating group) is 1. The Balaban J connectivity index is 2.14. The van der Waals surface area contributed by atoms with Gasteiger partial charge < -0.3 is 21.1 Å². The van der Waals surface area contributed by atoms with Crippen LogP contribution in [0.4, 0.5) is 11.5 Å². The molecule has 1 saturated heterocycles. The molecule has 92 valence electrons. The molecule has 0 aromatic carbocycles. The lowest BCUT2D eigenvalue weighted by Crippen LogP contribution is -2.24. The molecule has 2 heterocycles. The maximum absolute atomic E-state index is 10.8. The highest BCUT2D eigenvalue weighted by atomic mass is 16.4. The number of nitrogens with two attached hydrogens (primary N) is 1. The first-order valence-electron chi connectivity index (χ1n) is 5.51. The van der Waals surface area contributed by atoms with Gasteiger partial charge >= 0.3 is 5.97 Å². The van der Waals surface area contributed by atoms with E-state index < -0.39 is 5.97 Å². The molecule has 1 unspecified atom stereocenters. The van der Waals surface area contributed by atoms with E-state index in [1.54, 1.807) is 6.07 Å². The Morgan fingerprint density at radius 2 is 2.41 bits per heavy atom. The summed E-state index contributed by atoms with van der Waals surface area (Å²) in [5.74, 6) is -0.582. The largest absolute Gasteiger partial charge is 0.477 e. The fraction of sp³-hybridized carbons (Fsp3) is 0.455. The van der Waals surface area contributed by atoms with Crippen LogP contribution in [0.5, 0.6) is 0 Å². The van der Waals surface area contributed by atoms with Crippen molar-refractivity contribution in [2.24, 2.45) is 0 Å². The number of hydrogen-bond acceptors (Lipinski definition) is 5. The zero-order valence-corrected chi connectivity index (χ0v) is 9.68. The molecule has 6 heteroatoms. The number of nitrogens with zero attached hydrogens (tertiary/aromatic N) is 2. The number of nitrogen functional groups attached to an aromatic ring is 1. The minimum atomic E-state index is -1.04. The number of aromatic nitrogens is 1. The number of pyridine rings is 1. The topological polar surface area (TPSA) is 91.5 Å². The standard InChI is InChI=1S/C11H16N4O2/c1-15-5-4-7(6-15)13-10-8(12)2-3-9(14-10)11(16)17/h2-3,7H,4-6,12H2,1H3,(H,13,14)(H,16,17). The quantitative estimate of drug-likeness (QED) is 0.707. The lowest BCUT2D eigenvalue weighted by Gasteiger charge is -2.15. The van der Waals surface area contributed by atoms with Gasteiger partial charge in [0.05, 0.1) is 5.69 Å². The second kappa shape index (κ2) is 4.58. The third-order valence-electron chi connectivity index (χ3n) is 2.88. The molecule has 1 aliphatic heterocycles. The van der Waals surface area contributed by atoms with Crippen molar-refractivity contribution >= 4 is 17.5 Å². The summed E-state index contributed by atoms with van der Waals surface area (Å²) in [6.45, 7) is 1.94. The van der Waals surface area contributed by atoms with Gasteiger partial charge in [-0.1, -0.05) is 0 Å². The van der Waals surface area contributed by atoms with E-state index in [0.29, 0.717) is 11.5 Å². The van der Waals surface area contributed by atoms with Crippen molar-refractivity contribution in [3.63, 3.8) is 0 Å². The van der Waals surface area contributed by atoms with Gasteiger partial charge in [0.15, 0.2) is 5.69 Å². The Morgan fingerprint density at radius 1 is 1.65 bits per heavy atom. The lowest BCUT2D eigenvalue weighted by molar-refractivity contribution is 0.0690. The molecule has 1 aliphatic rings. The maximum atomic E-state index is 10.8. The van der Waals surface area contributed by atoms with E-state index in [9.17, 15) is 4.79 Å². The molecule has 0 amide bonds. The van der Waals surface area contributed by atoms with Gasteiger partial charge in [-0.3, -0.25) is 0 Å². The van der Waals surface area contributed by atoms with Crippen molar-refractivity contribution in [2.75, 3.05) is 31.2 Å². The summed E-state index contributed by atoms with van der Waals surface area (Å²) in [6, 6.07) is 3.25. The number of rotatable bonds is 3. The number of carboxylic acids is 1. The monoisotopic (exact) mass is 236 g/mol. The average Bonchev–Trinajstić information content (AvgIpc) is 2.67. The van der Waals surface area contributed by atoms with Crippen molar-refractivity contribution in [2.45, 2.75) is 12.5 Å². The van der Waals surface area contributed by atoms with Crippen molar-refractivity contribution in [1.29, 1.82) is 0 Å². The van der Waals surface area contributed by atoms with E-state index >= 15 is 0 Å². The third-order valence-corrected chi connectivity index (χ3v) is 2.88. The Bertz CT molecular complexity index is 435. The van der Waals surface area contributed by atoms with Crippen LogP contribution in [0, 0.1) is 0 Å². The first-order chi connectivity index (χ1) is 8.06. The van der Waals surface area contributed by atoms with Crippen molar-refractivity contribution < 1.29 is 9.90 Å². The van der Waals surface area contributed by atoms with Crippen molar-refractivity contribution in [3.05, 3.63) is 17.8 Å². The van der Waals surface area contributed by atoms with Crippen LogP contribution in [0.1, 0.15) is 16.9 Å². The minimum absolute atomic E-state index is 0.00746. The van der Waals surface area contributed by atoms with Gasteiger partial charge in [-0.15, -0.1) is 0 Å². The Hall–Kier alpha value is -1.82. The highest BCUT2D eigenvalue weighted by molar-refractivity contribution is 5.86. The number of nitrogens with one attached hydrogen (secondary N) is 1. The number of hydrogen-bond donors (Lipinski definition) is 3. The molecular formula is C11H16N4O2. The zero-order chi connectivity index (χ0) is 12.4. The molecule has 0 saturated carbocycles. The van der Waals surface area contributed by atoms with E-state index in [-0.39, 0.29) is 11.7 Å². The van der Waals surface area contributed by atoms with Crippen LogP contribution in [0.15, 0.2) is 12.1 Å². The van der Waals surface area contributed by atoms with Gasteiger partial charge in [0.25, 0.3) is 0 Å². The molecule has 1 aromatic heterocycles. The highest BCUT2D eigenvalue weighted by Gasteiger charge is 2.20. The molecule has 6 nitrogen and oxygen atoms in total. The van der Waals surface area contributed by atoms with E-state index in [1.807, 2.05) is 7.05 Å². The zero-order valence-electron chi connectivity index (χ0n) is 9.68. The summed E-state index contributed by atoms with van der Waals surface area (Å²) < 4.78 is 0. The average molecular weight is 236 g/mol. The molecular weight excluding hydrogens is 220 g/mol. The Morgan fingerprint density at radius 3 is 3.00 bits per heavy atom. The molecule has 4 N–H and O–H groups in total. The Kier molecular flexibility index (Phi) is 3.14. The highest BCUT2D eigenvalue weighted by Crippen LogP contribution is 2.19. The van der Waals surface area contributed by atoms with Crippen molar-refractivity contribution in [3.8, 4) is 0 Å². The van der Waals surface area contributed by atoms with Gasteiger partial charge in [-0.25, -0.2) is 9.78 Å². The summed E-state index contributed by atoms with van der Waals surface area (Å²) >= 11 is 0. The van der Waals surface area contributed by atoms with Crippen LogP contribution in [0.25, 0.3) is 0 Å². The van der Waals surface area contributed by atoms with Gasteiger partial charge in [0.2, 0.25) is 0 Å². The number of carbonyl (C=O) groups is 1. The minimum Gasteiger partial charge on any atom is -0.477 e. The van der Waals surface area contributed by atoms with E-state index in [2.05, 4.69) is 15.2 Å². The van der Waals surface area contributed by atoms with E-state index in [1.165, 1.54) is 6.07 Å². The van der Waals surface area contributed by atoms with Gasteiger partial charge in [0, 0.05) is 12.6 Å². The summed E-state index contributed by atoms with van der Waals surface area (Å²) in [7, 11) is 2.05. The first-order valence-corrected chi connectivity index (χ1v) is 5.51. The molecule has 17 heavy (non-hydrogen) atoms. The predicted octanol–water partition coefficient (Wildman–Crippen LogP) is 0.478. The normalized spacial score (nSPS) is 20.4.